The van der Waals surface area contributed by atoms with E-state index in [9.17, 15) is 4.39 Å². The molecule has 0 aliphatic rings. The maximum atomic E-state index is 13.2. The summed E-state index contributed by atoms with van der Waals surface area (Å²) in [7, 11) is 3.18. The summed E-state index contributed by atoms with van der Waals surface area (Å²) in [5.74, 6) is 2.24. The van der Waals surface area contributed by atoms with Gasteiger partial charge in [0.15, 0.2) is 28.8 Å². The van der Waals surface area contributed by atoms with E-state index in [1.165, 1.54) is 12.1 Å². The molecule has 2 heterocycles. The van der Waals surface area contributed by atoms with Crippen LogP contribution in [0.3, 0.4) is 0 Å². The minimum absolute atomic E-state index is 0.0985. The third kappa shape index (κ3) is 2.96. The first-order valence-corrected chi connectivity index (χ1v) is 8.81. The smallest absolute Gasteiger partial charge is 0.185 e. The molecule has 144 valence electrons. The summed E-state index contributed by atoms with van der Waals surface area (Å²) < 4.78 is 25.8. The van der Waals surface area contributed by atoms with Crippen LogP contribution in [0.5, 0.6) is 11.5 Å². The molecule has 1 atom stereocenters. The molecule has 0 saturated heterocycles. The van der Waals surface area contributed by atoms with Gasteiger partial charge in [-0.3, -0.25) is 0 Å². The van der Waals surface area contributed by atoms with Crippen molar-refractivity contribution in [2.45, 2.75) is 19.9 Å². The molecule has 2 aromatic heterocycles. The molecular weight excluding hydrogens is 361 g/mol. The number of methoxy groups -OCH3 is 2. The number of aromatic nitrogens is 4. The average Bonchev–Trinajstić information content (AvgIpc) is 3.08. The highest BCUT2D eigenvalue weighted by atomic mass is 19.1. The fourth-order valence-corrected chi connectivity index (χ4v) is 3.21. The van der Waals surface area contributed by atoms with Gasteiger partial charge in [-0.1, -0.05) is 12.1 Å². The second-order valence-electron chi connectivity index (χ2n) is 6.50. The van der Waals surface area contributed by atoms with Gasteiger partial charge in [0, 0.05) is 10.8 Å². The van der Waals surface area contributed by atoms with Crippen LogP contribution in [0.1, 0.15) is 24.4 Å². The molecule has 0 radical (unpaired) electrons. The Hall–Kier alpha value is -3.42. The highest BCUT2D eigenvalue weighted by Gasteiger charge is 2.18. The number of benzene rings is 2. The Morgan fingerprint density at radius 3 is 2.29 bits per heavy atom. The van der Waals surface area contributed by atoms with Gasteiger partial charge in [-0.15, -0.1) is 15.3 Å². The Kier molecular flexibility index (Phi) is 4.46. The maximum absolute atomic E-state index is 13.2. The lowest BCUT2D eigenvalue weighted by atomic mass is 10.1. The molecule has 0 aliphatic carbocycles. The third-order valence-electron chi connectivity index (χ3n) is 4.74. The topological polar surface area (TPSA) is 73.6 Å². The summed E-state index contributed by atoms with van der Waals surface area (Å²) in [5, 5.41) is 18.2. The summed E-state index contributed by atoms with van der Waals surface area (Å²) in [6.07, 6.45) is 0. The van der Waals surface area contributed by atoms with Crippen molar-refractivity contribution in [1.82, 2.24) is 19.8 Å². The van der Waals surface area contributed by atoms with Crippen LogP contribution in [-0.4, -0.2) is 34.0 Å². The molecule has 0 aliphatic heterocycles. The van der Waals surface area contributed by atoms with Gasteiger partial charge < -0.3 is 14.8 Å². The standard InChI is InChI=1S/C20H20FN5O2/c1-11(13-5-7-14(21)8-6-13)22-19-15-9-17(27-3)18(28-4)10-16(15)20-24-23-12(2)26(20)25-19/h5-11H,1-4H3,(H,22,25)/t11-/m1/s1. The molecule has 1 N–H and O–H groups in total. The minimum Gasteiger partial charge on any atom is -0.493 e. The van der Waals surface area contributed by atoms with Gasteiger partial charge in [0.2, 0.25) is 0 Å². The number of rotatable bonds is 5. The normalized spacial score (nSPS) is 12.3. The maximum Gasteiger partial charge on any atom is 0.185 e. The van der Waals surface area contributed by atoms with Crippen molar-refractivity contribution in [3.05, 3.63) is 53.6 Å². The molecule has 2 aromatic carbocycles. The average molecular weight is 381 g/mol. The van der Waals surface area contributed by atoms with Crippen LogP contribution in [0.15, 0.2) is 36.4 Å². The predicted molar refractivity (Wildman–Crippen MR) is 105 cm³/mol. The highest BCUT2D eigenvalue weighted by Crippen LogP contribution is 2.37. The lowest BCUT2D eigenvalue weighted by molar-refractivity contribution is 0.356. The molecule has 8 heteroatoms. The van der Waals surface area contributed by atoms with Gasteiger partial charge in [-0.25, -0.2) is 4.39 Å². The van der Waals surface area contributed by atoms with Crippen LogP contribution < -0.4 is 14.8 Å². The van der Waals surface area contributed by atoms with Gasteiger partial charge in [0.05, 0.1) is 20.3 Å². The number of hydrogen-bond acceptors (Lipinski definition) is 6. The van der Waals surface area contributed by atoms with E-state index in [4.69, 9.17) is 9.47 Å². The largest absolute Gasteiger partial charge is 0.493 e. The fourth-order valence-electron chi connectivity index (χ4n) is 3.21. The zero-order chi connectivity index (χ0) is 19.8. The number of aryl methyl sites for hydroxylation is 1. The number of hydrogen-bond donors (Lipinski definition) is 1. The summed E-state index contributed by atoms with van der Waals surface area (Å²) in [6.45, 7) is 3.83. The minimum atomic E-state index is -0.266. The summed E-state index contributed by atoms with van der Waals surface area (Å²) in [5.41, 5.74) is 1.57. The van der Waals surface area contributed by atoms with Gasteiger partial charge in [-0.2, -0.15) is 4.52 Å². The van der Waals surface area contributed by atoms with E-state index in [0.717, 1.165) is 16.3 Å². The van der Waals surface area contributed by atoms with Crippen molar-refractivity contribution < 1.29 is 13.9 Å². The zero-order valence-corrected chi connectivity index (χ0v) is 16.0. The monoisotopic (exact) mass is 381 g/mol. The number of halogens is 1. The molecule has 7 nitrogen and oxygen atoms in total. The van der Waals surface area contributed by atoms with Crippen LogP contribution in [0.4, 0.5) is 10.2 Å². The number of nitrogens with zero attached hydrogens (tertiary/aromatic N) is 4. The first-order chi connectivity index (χ1) is 13.5. The Labute approximate surface area is 161 Å². The van der Waals surface area contributed by atoms with E-state index in [1.54, 1.807) is 30.9 Å². The summed E-state index contributed by atoms with van der Waals surface area (Å²) >= 11 is 0. The van der Waals surface area contributed by atoms with Crippen LogP contribution in [0.2, 0.25) is 0 Å². The van der Waals surface area contributed by atoms with E-state index in [-0.39, 0.29) is 11.9 Å². The van der Waals surface area contributed by atoms with Crippen molar-refractivity contribution in [2.75, 3.05) is 19.5 Å². The predicted octanol–water partition coefficient (Wildman–Crippen LogP) is 3.92. The Balaban J connectivity index is 1.89. The molecule has 0 spiro atoms. The van der Waals surface area contributed by atoms with Crippen LogP contribution in [-0.2, 0) is 0 Å². The molecule has 28 heavy (non-hydrogen) atoms. The molecule has 0 fully saturated rings. The second kappa shape index (κ2) is 6.95. The van der Waals surface area contributed by atoms with Gasteiger partial charge in [-0.05, 0) is 43.7 Å². The van der Waals surface area contributed by atoms with Crippen molar-refractivity contribution in [2.24, 2.45) is 0 Å². The Bertz CT molecular complexity index is 1160. The van der Waals surface area contributed by atoms with E-state index in [2.05, 4.69) is 20.6 Å². The third-order valence-corrected chi connectivity index (χ3v) is 4.74. The first-order valence-electron chi connectivity index (χ1n) is 8.81. The molecular formula is C20H20FN5O2. The molecule has 4 aromatic rings. The van der Waals surface area contributed by atoms with E-state index in [0.29, 0.717) is 28.8 Å². The molecule has 4 rings (SSSR count). The zero-order valence-electron chi connectivity index (χ0n) is 16.0. The Morgan fingerprint density at radius 1 is 1.00 bits per heavy atom. The van der Waals surface area contributed by atoms with Gasteiger partial charge in [0.1, 0.15) is 5.82 Å². The van der Waals surface area contributed by atoms with Crippen LogP contribution >= 0.6 is 0 Å². The van der Waals surface area contributed by atoms with Crippen LogP contribution in [0.25, 0.3) is 16.4 Å². The van der Waals surface area contributed by atoms with E-state index in [1.807, 2.05) is 26.0 Å². The lowest BCUT2D eigenvalue weighted by Gasteiger charge is -2.18. The lowest BCUT2D eigenvalue weighted by Crippen LogP contribution is -2.11. The number of anilines is 1. The molecule has 0 saturated carbocycles. The quantitative estimate of drug-likeness (QED) is 0.565. The van der Waals surface area contributed by atoms with E-state index < -0.39 is 0 Å². The number of ether oxygens (including phenoxy) is 2. The van der Waals surface area contributed by atoms with Crippen molar-refractivity contribution in [1.29, 1.82) is 0 Å². The SMILES string of the molecule is COc1cc2c(N[C@H](C)c3ccc(F)cc3)nn3c(C)nnc3c2cc1OC. The number of nitrogens with one attached hydrogen (secondary N) is 1. The first kappa shape index (κ1) is 18.0. The molecule has 0 unspecified atom stereocenters. The Morgan fingerprint density at radius 2 is 1.64 bits per heavy atom. The van der Waals surface area contributed by atoms with Crippen LogP contribution in [0, 0.1) is 12.7 Å². The molecule has 0 bridgehead atoms. The van der Waals surface area contributed by atoms with Gasteiger partial charge >= 0.3 is 0 Å². The van der Waals surface area contributed by atoms with E-state index >= 15 is 0 Å². The number of fused-ring (bicyclic) bond motifs is 3. The highest BCUT2D eigenvalue weighted by molar-refractivity contribution is 6.02. The summed E-state index contributed by atoms with van der Waals surface area (Å²) in [6, 6.07) is 10.0. The second-order valence-corrected chi connectivity index (χ2v) is 6.50. The summed E-state index contributed by atoms with van der Waals surface area (Å²) in [4.78, 5) is 0. The fraction of sp³-hybridized carbons (Fsp3) is 0.250. The van der Waals surface area contributed by atoms with Gasteiger partial charge in [0.25, 0.3) is 0 Å². The molecule has 0 amide bonds. The van der Waals surface area contributed by atoms with Crippen molar-refractivity contribution >= 4 is 22.2 Å². The van der Waals surface area contributed by atoms with Crippen molar-refractivity contribution in [3.63, 3.8) is 0 Å². The van der Waals surface area contributed by atoms with Crippen molar-refractivity contribution in [3.8, 4) is 11.5 Å².